The highest BCUT2D eigenvalue weighted by Crippen LogP contribution is 2.15. The summed E-state index contributed by atoms with van der Waals surface area (Å²) in [6.07, 6.45) is 2.79. The maximum atomic E-state index is 12.0. The van der Waals surface area contributed by atoms with Gasteiger partial charge in [0, 0.05) is 19.0 Å². The number of aryl methyl sites for hydroxylation is 1. The summed E-state index contributed by atoms with van der Waals surface area (Å²) < 4.78 is 2.14. The zero-order valence-electron chi connectivity index (χ0n) is 12.4. The average Bonchev–Trinajstić information content (AvgIpc) is 2.85. The van der Waals surface area contributed by atoms with Crippen LogP contribution in [-0.2, 0) is 11.3 Å². The third kappa shape index (κ3) is 3.08. The van der Waals surface area contributed by atoms with E-state index in [4.69, 9.17) is 0 Å². The second kappa shape index (κ2) is 6.26. The van der Waals surface area contributed by atoms with Gasteiger partial charge >= 0.3 is 0 Å². The molecular formula is C16H22N4O. The Kier molecular flexibility index (Phi) is 4.20. The van der Waals surface area contributed by atoms with Crippen molar-refractivity contribution >= 4 is 16.9 Å². The fourth-order valence-corrected chi connectivity index (χ4v) is 2.69. The van der Waals surface area contributed by atoms with Crippen LogP contribution in [0.15, 0.2) is 30.6 Å². The third-order valence-electron chi connectivity index (χ3n) is 4.34. The Bertz CT molecular complexity index is 618. The molecule has 1 fully saturated rings. The summed E-state index contributed by atoms with van der Waals surface area (Å²) in [5.41, 5.74) is 2.17. The Hall–Kier alpha value is -1.88. The largest absolute Gasteiger partial charge is 0.356 e. The Balaban J connectivity index is 1.44. The number of hydrogen-bond donors (Lipinski definition) is 2. The van der Waals surface area contributed by atoms with Gasteiger partial charge in [0.05, 0.1) is 17.4 Å². The van der Waals surface area contributed by atoms with Crippen molar-refractivity contribution in [3.8, 4) is 0 Å². The monoisotopic (exact) mass is 286 g/mol. The van der Waals surface area contributed by atoms with Crippen LogP contribution in [0.5, 0.6) is 0 Å². The summed E-state index contributed by atoms with van der Waals surface area (Å²) >= 11 is 0. The molecule has 0 saturated carbocycles. The number of nitrogens with one attached hydrogen (secondary N) is 2. The molecule has 0 aliphatic carbocycles. The van der Waals surface area contributed by atoms with Crippen molar-refractivity contribution in [2.24, 2.45) is 11.8 Å². The molecule has 5 nitrogen and oxygen atoms in total. The molecule has 0 radical (unpaired) electrons. The molecular weight excluding hydrogens is 264 g/mol. The molecule has 5 heteroatoms. The molecule has 1 atom stereocenters. The molecule has 1 unspecified atom stereocenters. The maximum absolute atomic E-state index is 12.0. The Morgan fingerprint density at radius 2 is 2.29 bits per heavy atom. The van der Waals surface area contributed by atoms with Crippen LogP contribution >= 0.6 is 0 Å². The second-order valence-corrected chi connectivity index (χ2v) is 5.78. The summed E-state index contributed by atoms with van der Waals surface area (Å²) in [6, 6.07) is 8.11. The zero-order valence-corrected chi connectivity index (χ0v) is 12.4. The van der Waals surface area contributed by atoms with Crippen LogP contribution in [0.2, 0.25) is 0 Å². The van der Waals surface area contributed by atoms with Crippen LogP contribution in [0.3, 0.4) is 0 Å². The number of aromatic nitrogens is 2. The van der Waals surface area contributed by atoms with Crippen LogP contribution < -0.4 is 10.6 Å². The zero-order chi connectivity index (χ0) is 14.7. The van der Waals surface area contributed by atoms with Gasteiger partial charge in [-0.15, -0.1) is 0 Å². The number of nitrogens with zero attached hydrogens (tertiary/aromatic N) is 2. The van der Waals surface area contributed by atoms with E-state index in [2.05, 4.69) is 26.3 Å². The summed E-state index contributed by atoms with van der Waals surface area (Å²) in [6.45, 7) is 5.55. The number of amides is 1. The Labute approximate surface area is 124 Å². The Morgan fingerprint density at radius 3 is 3.05 bits per heavy atom. The SMILES string of the molecule is CC(C(=O)NCCCn1cnc2ccccc21)C1CNC1. The molecule has 21 heavy (non-hydrogen) atoms. The molecule has 2 heterocycles. The van der Waals surface area contributed by atoms with Crippen molar-refractivity contribution in [1.82, 2.24) is 20.2 Å². The lowest BCUT2D eigenvalue weighted by Gasteiger charge is -2.31. The molecule has 1 aromatic carbocycles. The first-order chi connectivity index (χ1) is 10.3. The van der Waals surface area contributed by atoms with E-state index in [-0.39, 0.29) is 11.8 Å². The average molecular weight is 286 g/mol. The number of carbonyl (C=O) groups is 1. The van der Waals surface area contributed by atoms with E-state index >= 15 is 0 Å². The smallest absolute Gasteiger partial charge is 0.223 e. The van der Waals surface area contributed by atoms with Gasteiger partial charge in [-0.05, 0) is 37.6 Å². The minimum atomic E-state index is 0.111. The van der Waals surface area contributed by atoms with E-state index in [1.54, 1.807) is 0 Å². The van der Waals surface area contributed by atoms with Crippen LogP contribution in [0, 0.1) is 11.8 Å². The number of carbonyl (C=O) groups excluding carboxylic acids is 1. The lowest BCUT2D eigenvalue weighted by atomic mass is 9.88. The molecule has 1 saturated heterocycles. The van der Waals surface area contributed by atoms with Crippen molar-refractivity contribution in [2.75, 3.05) is 19.6 Å². The van der Waals surface area contributed by atoms with E-state index in [0.29, 0.717) is 5.92 Å². The molecule has 1 aromatic heterocycles. The van der Waals surface area contributed by atoms with Crippen molar-refractivity contribution in [3.05, 3.63) is 30.6 Å². The van der Waals surface area contributed by atoms with Gasteiger partial charge in [0.25, 0.3) is 0 Å². The van der Waals surface area contributed by atoms with Crippen LogP contribution in [0.1, 0.15) is 13.3 Å². The van der Waals surface area contributed by atoms with Crippen molar-refractivity contribution in [3.63, 3.8) is 0 Å². The number of rotatable bonds is 6. The topological polar surface area (TPSA) is 59.0 Å². The molecule has 112 valence electrons. The minimum absolute atomic E-state index is 0.111. The van der Waals surface area contributed by atoms with Crippen molar-refractivity contribution in [2.45, 2.75) is 19.9 Å². The van der Waals surface area contributed by atoms with Crippen LogP contribution in [0.25, 0.3) is 11.0 Å². The fraction of sp³-hybridized carbons (Fsp3) is 0.500. The number of hydrogen-bond acceptors (Lipinski definition) is 3. The summed E-state index contributed by atoms with van der Waals surface area (Å²) in [7, 11) is 0. The van der Waals surface area contributed by atoms with Gasteiger partial charge in [0.15, 0.2) is 0 Å². The predicted octanol–water partition coefficient (Wildman–Crippen LogP) is 1.40. The quantitative estimate of drug-likeness (QED) is 0.789. The first-order valence-corrected chi connectivity index (χ1v) is 7.64. The van der Waals surface area contributed by atoms with Crippen molar-refractivity contribution in [1.29, 1.82) is 0 Å². The van der Waals surface area contributed by atoms with Gasteiger partial charge in [-0.2, -0.15) is 0 Å². The molecule has 1 amide bonds. The molecule has 0 spiro atoms. The summed E-state index contributed by atoms with van der Waals surface area (Å²) in [5, 5.41) is 6.25. The summed E-state index contributed by atoms with van der Waals surface area (Å²) in [5.74, 6) is 0.792. The number of imidazole rings is 1. The lowest BCUT2D eigenvalue weighted by Crippen LogP contribution is -2.49. The van der Waals surface area contributed by atoms with E-state index in [1.807, 2.05) is 31.5 Å². The van der Waals surface area contributed by atoms with Crippen LogP contribution in [-0.4, -0.2) is 35.1 Å². The summed E-state index contributed by atoms with van der Waals surface area (Å²) in [4.78, 5) is 16.4. The lowest BCUT2D eigenvalue weighted by molar-refractivity contribution is -0.126. The van der Waals surface area contributed by atoms with Crippen molar-refractivity contribution < 1.29 is 4.79 Å². The van der Waals surface area contributed by atoms with Gasteiger partial charge in [0.1, 0.15) is 0 Å². The molecule has 2 N–H and O–H groups in total. The van der Waals surface area contributed by atoms with Gasteiger partial charge in [0.2, 0.25) is 5.91 Å². The highest BCUT2D eigenvalue weighted by Gasteiger charge is 2.28. The number of para-hydroxylation sites is 2. The third-order valence-corrected chi connectivity index (χ3v) is 4.34. The normalized spacial score (nSPS) is 16.6. The fourth-order valence-electron chi connectivity index (χ4n) is 2.69. The molecule has 3 rings (SSSR count). The van der Waals surface area contributed by atoms with E-state index < -0.39 is 0 Å². The molecule has 1 aliphatic rings. The van der Waals surface area contributed by atoms with E-state index in [9.17, 15) is 4.79 Å². The van der Waals surface area contributed by atoms with Gasteiger partial charge < -0.3 is 15.2 Å². The van der Waals surface area contributed by atoms with Gasteiger partial charge in [-0.3, -0.25) is 4.79 Å². The van der Waals surface area contributed by atoms with E-state index in [1.165, 1.54) is 0 Å². The molecule has 1 aliphatic heterocycles. The Morgan fingerprint density at radius 1 is 1.48 bits per heavy atom. The first-order valence-electron chi connectivity index (χ1n) is 7.64. The first kappa shape index (κ1) is 14.1. The number of benzene rings is 1. The maximum Gasteiger partial charge on any atom is 0.223 e. The second-order valence-electron chi connectivity index (χ2n) is 5.78. The van der Waals surface area contributed by atoms with Gasteiger partial charge in [-0.25, -0.2) is 4.98 Å². The standard InChI is InChI=1S/C16H22N4O/c1-12(13-9-17-10-13)16(21)18-7-4-8-20-11-19-14-5-2-3-6-15(14)20/h2-3,5-6,11-13,17H,4,7-10H2,1H3,(H,18,21). The minimum Gasteiger partial charge on any atom is -0.356 e. The van der Waals surface area contributed by atoms with Crippen LogP contribution in [0.4, 0.5) is 0 Å². The predicted molar refractivity (Wildman–Crippen MR) is 82.9 cm³/mol. The van der Waals surface area contributed by atoms with E-state index in [0.717, 1.165) is 43.6 Å². The molecule has 2 aromatic rings. The number of fused-ring (bicyclic) bond motifs is 1. The van der Waals surface area contributed by atoms with Gasteiger partial charge in [-0.1, -0.05) is 19.1 Å². The highest BCUT2D eigenvalue weighted by molar-refractivity contribution is 5.78. The highest BCUT2D eigenvalue weighted by atomic mass is 16.1. The molecule has 0 bridgehead atoms.